The fourth-order valence-corrected chi connectivity index (χ4v) is 3.81. The number of anilines is 1. The van der Waals surface area contributed by atoms with E-state index < -0.39 is 0 Å². The van der Waals surface area contributed by atoms with E-state index in [1.807, 2.05) is 12.1 Å². The molecule has 1 N–H and O–H groups in total. The highest BCUT2D eigenvalue weighted by Gasteiger charge is 2.34. The topological polar surface area (TPSA) is 63.1 Å². The highest BCUT2D eigenvalue weighted by molar-refractivity contribution is 6.03. The summed E-state index contributed by atoms with van der Waals surface area (Å²) in [7, 11) is 0. The lowest BCUT2D eigenvalue weighted by molar-refractivity contribution is 0.102. The summed E-state index contributed by atoms with van der Waals surface area (Å²) in [4.78, 5) is 15.2. The van der Waals surface area contributed by atoms with Crippen molar-refractivity contribution in [2.75, 3.05) is 5.32 Å². The van der Waals surface area contributed by atoms with Gasteiger partial charge in [0.1, 0.15) is 5.82 Å². The second kappa shape index (κ2) is 6.53. The van der Waals surface area contributed by atoms with Gasteiger partial charge in [-0.2, -0.15) is 0 Å². The van der Waals surface area contributed by atoms with Gasteiger partial charge in [0.05, 0.1) is 11.9 Å². The van der Waals surface area contributed by atoms with Crippen LogP contribution in [0.25, 0.3) is 5.69 Å². The maximum Gasteiger partial charge on any atom is 0.277 e. The molecule has 1 amide bonds. The third-order valence-corrected chi connectivity index (χ3v) is 5.45. The summed E-state index contributed by atoms with van der Waals surface area (Å²) in [5.41, 5.74) is 4.92. The highest BCUT2D eigenvalue weighted by atomic mass is 19.1. The minimum atomic E-state index is -0.308. The number of hydrogen-bond acceptors (Lipinski definition) is 4. The molecule has 0 radical (unpaired) electrons. The van der Waals surface area contributed by atoms with E-state index in [1.165, 1.54) is 40.8 Å². The molecule has 142 valence electrons. The van der Waals surface area contributed by atoms with E-state index in [0.29, 0.717) is 11.7 Å². The number of aromatic nitrogens is 3. The van der Waals surface area contributed by atoms with Crippen molar-refractivity contribution in [3.8, 4) is 5.69 Å². The van der Waals surface area contributed by atoms with E-state index in [2.05, 4.69) is 26.6 Å². The third-order valence-electron chi connectivity index (χ3n) is 5.45. The fraction of sp³-hybridized carbons (Fsp3) is 0.286. The quantitative estimate of drug-likeness (QED) is 0.757. The average molecular weight is 377 g/mol. The van der Waals surface area contributed by atoms with Gasteiger partial charge in [0.15, 0.2) is 5.69 Å². The summed E-state index contributed by atoms with van der Waals surface area (Å²) in [5.74, 6) is -0.609. The first-order chi connectivity index (χ1) is 13.6. The standard InChI is InChI=1S/C21H20FN5O/c1-13-9-15(22)5-8-20(13)27-12-19(24-25-27)21(28)23-18-4-2-3-14-10-26(11-17(14)18)16-6-7-16/h2-5,8-9,12,16H,6-7,10-11H2,1H3,(H,23,28). The number of nitrogens with zero attached hydrogens (tertiary/aromatic N) is 4. The molecule has 0 saturated heterocycles. The van der Waals surface area contributed by atoms with Gasteiger partial charge in [-0.15, -0.1) is 5.10 Å². The zero-order valence-electron chi connectivity index (χ0n) is 15.5. The van der Waals surface area contributed by atoms with Crippen LogP contribution >= 0.6 is 0 Å². The van der Waals surface area contributed by atoms with Crippen LogP contribution in [0.1, 0.15) is 40.0 Å². The van der Waals surface area contributed by atoms with Crippen LogP contribution in [-0.2, 0) is 13.1 Å². The summed E-state index contributed by atoms with van der Waals surface area (Å²) < 4.78 is 14.8. The van der Waals surface area contributed by atoms with Crippen molar-refractivity contribution in [1.82, 2.24) is 19.9 Å². The Hall–Kier alpha value is -3.06. The predicted molar refractivity (Wildman–Crippen MR) is 103 cm³/mol. The molecule has 2 heterocycles. The molecule has 5 rings (SSSR count). The summed E-state index contributed by atoms with van der Waals surface area (Å²) in [6, 6.07) is 11.1. The Labute approximate surface area is 162 Å². The predicted octanol–water partition coefficient (Wildman–Crippen LogP) is 3.45. The van der Waals surface area contributed by atoms with Crippen LogP contribution in [-0.4, -0.2) is 31.8 Å². The number of halogens is 1. The maximum atomic E-state index is 13.3. The van der Waals surface area contributed by atoms with Crippen molar-refractivity contribution in [2.24, 2.45) is 0 Å². The lowest BCUT2D eigenvalue weighted by Gasteiger charge is -2.13. The molecule has 7 heteroatoms. The number of rotatable bonds is 4. The van der Waals surface area contributed by atoms with E-state index in [9.17, 15) is 9.18 Å². The number of nitrogens with one attached hydrogen (secondary N) is 1. The lowest BCUT2D eigenvalue weighted by atomic mass is 10.1. The fourth-order valence-electron chi connectivity index (χ4n) is 3.81. The van der Waals surface area contributed by atoms with Gasteiger partial charge in [0.25, 0.3) is 5.91 Å². The number of hydrogen-bond donors (Lipinski definition) is 1. The number of fused-ring (bicyclic) bond motifs is 1. The van der Waals surface area contributed by atoms with Crippen molar-refractivity contribution >= 4 is 11.6 Å². The highest BCUT2D eigenvalue weighted by Crippen LogP contribution is 2.37. The van der Waals surface area contributed by atoms with Crippen LogP contribution in [0.3, 0.4) is 0 Å². The Bertz CT molecular complexity index is 1070. The van der Waals surface area contributed by atoms with E-state index >= 15 is 0 Å². The Morgan fingerprint density at radius 3 is 2.86 bits per heavy atom. The van der Waals surface area contributed by atoms with Gasteiger partial charge in [-0.25, -0.2) is 9.07 Å². The maximum absolute atomic E-state index is 13.3. The summed E-state index contributed by atoms with van der Waals surface area (Å²) in [5, 5.41) is 11.0. The van der Waals surface area contributed by atoms with E-state index in [4.69, 9.17) is 0 Å². The molecule has 1 saturated carbocycles. The minimum absolute atomic E-state index is 0.221. The first-order valence-corrected chi connectivity index (χ1v) is 9.43. The number of carbonyl (C=O) groups excluding carboxylic acids is 1. The molecule has 28 heavy (non-hydrogen) atoms. The Morgan fingerprint density at radius 1 is 1.21 bits per heavy atom. The monoisotopic (exact) mass is 377 g/mol. The normalized spacial score (nSPS) is 16.2. The van der Waals surface area contributed by atoms with E-state index in [-0.39, 0.29) is 17.4 Å². The molecule has 1 aliphatic heterocycles. The molecular formula is C21H20FN5O. The summed E-state index contributed by atoms with van der Waals surface area (Å²) >= 11 is 0. The van der Waals surface area contributed by atoms with Gasteiger partial charge in [-0.1, -0.05) is 17.3 Å². The first kappa shape index (κ1) is 17.1. The van der Waals surface area contributed by atoms with Crippen LogP contribution in [0, 0.1) is 12.7 Å². The minimum Gasteiger partial charge on any atom is -0.320 e. The van der Waals surface area contributed by atoms with E-state index in [0.717, 1.165) is 24.3 Å². The van der Waals surface area contributed by atoms with Crippen molar-refractivity contribution in [3.63, 3.8) is 0 Å². The van der Waals surface area contributed by atoms with Crippen LogP contribution in [0.4, 0.5) is 10.1 Å². The molecule has 0 spiro atoms. The number of benzene rings is 2. The SMILES string of the molecule is Cc1cc(F)ccc1-n1cc(C(=O)Nc2cccc3c2CN(C2CC2)C3)nn1. The largest absolute Gasteiger partial charge is 0.320 e. The van der Waals surface area contributed by atoms with Gasteiger partial charge in [-0.05, 0) is 60.7 Å². The molecule has 1 aliphatic carbocycles. The Balaban J connectivity index is 1.36. The van der Waals surface area contributed by atoms with Crippen molar-refractivity contribution < 1.29 is 9.18 Å². The number of carbonyl (C=O) groups is 1. The number of amides is 1. The molecule has 1 aromatic heterocycles. The molecule has 0 atom stereocenters. The Morgan fingerprint density at radius 2 is 2.07 bits per heavy atom. The smallest absolute Gasteiger partial charge is 0.277 e. The second-order valence-corrected chi connectivity index (χ2v) is 7.51. The van der Waals surface area contributed by atoms with Gasteiger partial charge < -0.3 is 5.32 Å². The van der Waals surface area contributed by atoms with E-state index in [1.54, 1.807) is 19.2 Å². The van der Waals surface area contributed by atoms with Gasteiger partial charge >= 0.3 is 0 Å². The summed E-state index contributed by atoms with van der Waals surface area (Å²) in [6.07, 6.45) is 4.10. The molecule has 0 unspecified atom stereocenters. The molecule has 6 nitrogen and oxygen atoms in total. The molecule has 1 fully saturated rings. The van der Waals surface area contributed by atoms with Gasteiger partial charge in [0.2, 0.25) is 0 Å². The average Bonchev–Trinajstić information content (AvgIpc) is 3.23. The van der Waals surface area contributed by atoms with Crippen molar-refractivity contribution in [3.05, 3.63) is 70.8 Å². The van der Waals surface area contributed by atoms with Crippen LogP contribution in [0.2, 0.25) is 0 Å². The van der Waals surface area contributed by atoms with Crippen LogP contribution in [0.15, 0.2) is 42.6 Å². The van der Waals surface area contributed by atoms with Crippen LogP contribution in [0.5, 0.6) is 0 Å². The molecule has 0 bridgehead atoms. The zero-order chi connectivity index (χ0) is 19.3. The van der Waals surface area contributed by atoms with Gasteiger partial charge in [0, 0.05) is 24.8 Å². The molecule has 2 aromatic carbocycles. The summed E-state index contributed by atoms with van der Waals surface area (Å²) in [6.45, 7) is 3.61. The number of aryl methyl sites for hydroxylation is 1. The zero-order valence-corrected chi connectivity index (χ0v) is 15.5. The van der Waals surface area contributed by atoms with Crippen molar-refractivity contribution in [2.45, 2.75) is 38.9 Å². The molecule has 2 aliphatic rings. The lowest BCUT2D eigenvalue weighted by Crippen LogP contribution is -2.19. The van der Waals surface area contributed by atoms with Crippen molar-refractivity contribution in [1.29, 1.82) is 0 Å². The Kier molecular flexibility index (Phi) is 3.98. The molecule has 3 aromatic rings. The van der Waals surface area contributed by atoms with Crippen LogP contribution < -0.4 is 5.32 Å². The molecular weight excluding hydrogens is 357 g/mol. The third kappa shape index (κ3) is 3.07. The second-order valence-electron chi connectivity index (χ2n) is 7.51. The first-order valence-electron chi connectivity index (χ1n) is 9.43. The van der Waals surface area contributed by atoms with Gasteiger partial charge in [-0.3, -0.25) is 9.69 Å².